The van der Waals surface area contributed by atoms with Gasteiger partial charge >= 0.3 is 5.97 Å². The van der Waals surface area contributed by atoms with Crippen molar-refractivity contribution in [1.29, 1.82) is 0 Å². The lowest BCUT2D eigenvalue weighted by Gasteiger charge is -2.17. The smallest absolute Gasteiger partial charge is 0.322 e. The van der Waals surface area contributed by atoms with E-state index in [0.717, 1.165) is 11.6 Å². The molecule has 0 fully saturated rings. The standard InChI is InChI=1S/C15H18N2O5/c1-2-13(18)17-12(15(21)16-8-14(19)20)10-22-9-11-6-4-3-5-7-11/h2-7,12H,1,8-10H2,(H,16,21)(H,17,18)(H,19,20)/t12-/m1/s1. The van der Waals surface area contributed by atoms with Crippen molar-refractivity contribution in [1.82, 2.24) is 10.6 Å². The third kappa shape index (κ3) is 6.67. The highest BCUT2D eigenvalue weighted by Gasteiger charge is 2.20. The van der Waals surface area contributed by atoms with Crippen LogP contribution in [0.3, 0.4) is 0 Å². The average molecular weight is 306 g/mol. The first-order chi connectivity index (χ1) is 10.5. The van der Waals surface area contributed by atoms with Crippen molar-refractivity contribution >= 4 is 17.8 Å². The molecule has 1 aromatic rings. The Labute approximate surface area is 128 Å². The van der Waals surface area contributed by atoms with Gasteiger partial charge in [-0.1, -0.05) is 36.9 Å². The van der Waals surface area contributed by atoms with E-state index in [4.69, 9.17) is 9.84 Å². The van der Waals surface area contributed by atoms with E-state index in [1.54, 1.807) is 0 Å². The van der Waals surface area contributed by atoms with E-state index in [0.29, 0.717) is 0 Å². The predicted octanol–water partition coefficient (Wildman–Crippen LogP) is 0.0748. The molecule has 2 amide bonds. The van der Waals surface area contributed by atoms with Crippen molar-refractivity contribution in [2.75, 3.05) is 13.2 Å². The maximum Gasteiger partial charge on any atom is 0.322 e. The number of carboxylic acid groups (broad SMARTS) is 1. The van der Waals surface area contributed by atoms with Crippen LogP contribution in [-0.2, 0) is 25.7 Å². The fourth-order valence-corrected chi connectivity index (χ4v) is 1.57. The molecule has 0 aliphatic carbocycles. The second kappa shape index (κ2) is 9.30. The molecule has 7 nitrogen and oxygen atoms in total. The molecule has 1 rings (SSSR count). The fraction of sp³-hybridized carbons (Fsp3) is 0.267. The molecule has 22 heavy (non-hydrogen) atoms. The van der Waals surface area contributed by atoms with Gasteiger partial charge in [0.1, 0.15) is 12.6 Å². The van der Waals surface area contributed by atoms with Gasteiger partial charge in [0.2, 0.25) is 11.8 Å². The zero-order chi connectivity index (χ0) is 16.4. The minimum Gasteiger partial charge on any atom is -0.480 e. The Morgan fingerprint density at radius 3 is 2.55 bits per heavy atom. The molecule has 1 atom stereocenters. The summed E-state index contributed by atoms with van der Waals surface area (Å²) in [6.45, 7) is 2.95. The fourth-order valence-electron chi connectivity index (χ4n) is 1.57. The van der Waals surface area contributed by atoms with Gasteiger partial charge < -0.3 is 20.5 Å². The molecule has 7 heteroatoms. The molecule has 0 saturated heterocycles. The Hall–Kier alpha value is -2.67. The number of ether oxygens (including phenoxy) is 1. The van der Waals surface area contributed by atoms with Crippen LogP contribution < -0.4 is 10.6 Å². The Kier molecular flexibility index (Phi) is 7.35. The van der Waals surface area contributed by atoms with Crippen molar-refractivity contribution < 1.29 is 24.2 Å². The van der Waals surface area contributed by atoms with Crippen molar-refractivity contribution in [3.05, 3.63) is 48.6 Å². The molecular weight excluding hydrogens is 288 g/mol. The van der Waals surface area contributed by atoms with E-state index >= 15 is 0 Å². The van der Waals surface area contributed by atoms with Gasteiger partial charge in [0.05, 0.1) is 13.2 Å². The molecular formula is C15H18N2O5. The Balaban J connectivity index is 2.53. The number of nitrogens with one attached hydrogen (secondary N) is 2. The van der Waals surface area contributed by atoms with Gasteiger partial charge in [0, 0.05) is 0 Å². The number of hydrogen-bond acceptors (Lipinski definition) is 4. The monoisotopic (exact) mass is 306 g/mol. The van der Waals surface area contributed by atoms with Gasteiger partial charge in [-0.3, -0.25) is 14.4 Å². The second-order valence-corrected chi connectivity index (χ2v) is 4.38. The third-order valence-corrected chi connectivity index (χ3v) is 2.63. The zero-order valence-corrected chi connectivity index (χ0v) is 12.0. The maximum atomic E-state index is 11.8. The summed E-state index contributed by atoms with van der Waals surface area (Å²) >= 11 is 0. The summed E-state index contributed by atoms with van der Waals surface area (Å²) in [5.41, 5.74) is 0.919. The third-order valence-electron chi connectivity index (χ3n) is 2.63. The van der Waals surface area contributed by atoms with Crippen LogP contribution in [0.15, 0.2) is 43.0 Å². The average Bonchev–Trinajstić information content (AvgIpc) is 2.52. The number of rotatable bonds is 9. The van der Waals surface area contributed by atoms with Crippen molar-refractivity contribution in [2.24, 2.45) is 0 Å². The first-order valence-corrected chi connectivity index (χ1v) is 6.57. The van der Waals surface area contributed by atoms with Gasteiger partial charge in [-0.05, 0) is 11.6 Å². The van der Waals surface area contributed by atoms with Crippen LogP contribution in [0.25, 0.3) is 0 Å². The Morgan fingerprint density at radius 2 is 1.95 bits per heavy atom. The number of hydrogen-bond donors (Lipinski definition) is 3. The number of benzene rings is 1. The van der Waals surface area contributed by atoms with Gasteiger partial charge in [-0.15, -0.1) is 0 Å². The molecule has 0 radical (unpaired) electrons. The van der Waals surface area contributed by atoms with Crippen molar-refractivity contribution in [2.45, 2.75) is 12.6 Å². The molecule has 0 aromatic heterocycles. The maximum absolute atomic E-state index is 11.8. The second-order valence-electron chi connectivity index (χ2n) is 4.38. The van der Waals surface area contributed by atoms with Crippen LogP contribution in [-0.4, -0.2) is 42.1 Å². The number of amides is 2. The molecule has 0 unspecified atom stereocenters. The highest BCUT2D eigenvalue weighted by molar-refractivity contribution is 5.93. The van der Waals surface area contributed by atoms with Crippen LogP contribution in [0, 0.1) is 0 Å². The quantitative estimate of drug-likeness (QED) is 0.560. The summed E-state index contributed by atoms with van der Waals surface area (Å²) in [7, 11) is 0. The molecule has 0 heterocycles. The topological polar surface area (TPSA) is 105 Å². The lowest BCUT2D eigenvalue weighted by Crippen LogP contribution is -2.49. The van der Waals surface area contributed by atoms with Crippen molar-refractivity contribution in [3.8, 4) is 0 Å². The van der Waals surface area contributed by atoms with Crippen LogP contribution in [0.2, 0.25) is 0 Å². The molecule has 0 aliphatic rings. The van der Waals surface area contributed by atoms with E-state index in [1.807, 2.05) is 30.3 Å². The number of aliphatic carboxylic acids is 1. The van der Waals surface area contributed by atoms with Crippen LogP contribution in [0.5, 0.6) is 0 Å². The molecule has 118 valence electrons. The zero-order valence-electron chi connectivity index (χ0n) is 12.0. The summed E-state index contributed by atoms with van der Waals surface area (Å²) < 4.78 is 5.40. The highest BCUT2D eigenvalue weighted by atomic mass is 16.5. The minimum atomic E-state index is -1.17. The van der Waals surface area contributed by atoms with E-state index < -0.39 is 30.4 Å². The molecule has 3 N–H and O–H groups in total. The lowest BCUT2D eigenvalue weighted by molar-refractivity contribution is -0.138. The van der Waals surface area contributed by atoms with Crippen LogP contribution >= 0.6 is 0 Å². The highest BCUT2D eigenvalue weighted by Crippen LogP contribution is 2.01. The minimum absolute atomic E-state index is 0.0834. The van der Waals surface area contributed by atoms with Gasteiger partial charge in [0.25, 0.3) is 0 Å². The first-order valence-electron chi connectivity index (χ1n) is 6.57. The largest absolute Gasteiger partial charge is 0.480 e. The van der Waals surface area contributed by atoms with E-state index in [-0.39, 0.29) is 13.2 Å². The molecule has 1 aromatic carbocycles. The van der Waals surface area contributed by atoms with Gasteiger partial charge in [-0.25, -0.2) is 0 Å². The first kappa shape index (κ1) is 17.4. The summed E-state index contributed by atoms with van der Waals surface area (Å²) in [5, 5.41) is 13.1. The summed E-state index contributed by atoms with van der Waals surface area (Å²) in [6.07, 6.45) is 1.02. The predicted molar refractivity (Wildman–Crippen MR) is 78.9 cm³/mol. The van der Waals surface area contributed by atoms with E-state index in [2.05, 4.69) is 17.2 Å². The Morgan fingerprint density at radius 1 is 1.27 bits per heavy atom. The van der Waals surface area contributed by atoms with E-state index in [1.165, 1.54) is 0 Å². The summed E-state index contributed by atoms with van der Waals surface area (Å²) in [6, 6.07) is 8.32. The molecule has 0 aliphatic heterocycles. The summed E-state index contributed by atoms with van der Waals surface area (Å²) in [4.78, 5) is 33.6. The normalized spacial score (nSPS) is 11.3. The number of carbonyl (C=O) groups excluding carboxylic acids is 2. The van der Waals surface area contributed by atoms with Crippen LogP contribution in [0.1, 0.15) is 5.56 Å². The molecule has 0 saturated carbocycles. The lowest BCUT2D eigenvalue weighted by atomic mass is 10.2. The van der Waals surface area contributed by atoms with Crippen LogP contribution in [0.4, 0.5) is 0 Å². The molecule has 0 spiro atoms. The number of carboxylic acids is 1. The Bertz CT molecular complexity index is 530. The SMILES string of the molecule is C=CC(=O)N[C@H](COCc1ccccc1)C(=O)NCC(=O)O. The van der Waals surface area contributed by atoms with E-state index in [9.17, 15) is 14.4 Å². The summed E-state index contributed by atoms with van der Waals surface area (Å²) in [5.74, 6) is -2.35. The molecule has 0 bridgehead atoms. The van der Waals surface area contributed by atoms with Crippen molar-refractivity contribution in [3.63, 3.8) is 0 Å². The van der Waals surface area contributed by atoms with Gasteiger partial charge in [0.15, 0.2) is 0 Å². The van der Waals surface area contributed by atoms with Gasteiger partial charge in [-0.2, -0.15) is 0 Å². The number of carbonyl (C=O) groups is 3.